The SMILES string of the molecule is Cc1nn(Cc2ccc(Cl)cc2Cl)c(C)c1NC(=O)c1cnn2c(C(F)(F)F)cc(-c3ccc(C(C)C)cc3)nc12. The van der Waals surface area contributed by atoms with Gasteiger partial charge in [-0.15, -0.1) is 0 Å². The van der Waals surface area contributed by atoms with E-state index < -0.39 is 17.8 Å². The molecule has 2 aromatic carbocycles. The summed E-state index contributed by atoms with van der Waals surface area (Å²) >= 11 is 12.3. The van der Waals surface area contributed by atoms with E-state index in [2.05, 4.69) is 20.5 Å². The van der Waals surface area contributed by atoms with E-state index in [0.29, 0.717) is 43.7 Å². The fourth-order valence-electron chi connectivity index (χ4n) is 4.54. The predicted molar refractivity (Wildman–Crippen MR) is 153 cm³/mol. The van der Waals surface area contributed by atoms with Gasteiger partial charge in [0.05, 0.1) is 35.5 Å². The van der Waals surface area contributed by atoms with E-state index in [1.165, 1.54) is 0 Å². The molecule has 0 fully saturated rings. The first kappa shape index (κ1) is 28.6. The highest BCUT2D eigenvalue weighted by atomic mass is 35.5. The summed E-state index contributed by atoms with van der Waals surface area (Å²) in [5, 5.41) is 12.2. The molecule has 0 saturated carbocycles. The molecule has 212 valence electrons. The molecule has 0 bridgehead atoms. The Hall–Kier alpha value is -3.89. The van der Waals surface area contributed by atoms with Crippen molar-refractivity contribution in [3.8, 4) is 11.3 Å². The highest BCUT2D eigenvalue weighted by Gasteiger charge is 2.36. The molecule has 1 N–H and O–H groups in total. The van der Waals surface area contributed by atoms with Crippen LogP contribution in [0.15, 0.2) is 54.7 Å². The van der Waals surface area contributed by atoms with E-state index >= 15 is 0 Å². The fourth-order valence-corrected chi connectivity index (χ4v) is 5.00. The third-order valence-corrected chi connectivity index (χ3v) is 7.42. The van der Waals surface area contributed by atoms with Gasteiger partial charge in [0.25, 0.3) is 5.91 Å². The molecular weight excluding hydrogens is 576 g/mol. The Labute approximate surface area is 243 Å². The average Bonchev–Trinajstić information content (AvgIpc) is 3.45. The largest absolute Gasteiger partial charge is 0.433 e. The monoisotopic (exact) mass is 600 g/mol. The number of hydrogen-bond donors (Lipinski definition) is 1. The molecule has 7 nitrogen and oxygen atoms in total. The molecule has 3 aromatic heterocycles. The molecule has 0 atom stereocenters. The Bertz CT molecular complexity index is 1770. The van der Waals surface area contributed by atoms with Crippen molar-refractivity contribution in [3.63, 3.8) is 0 Å². The third kappa shape index (κ3) is 5.67. The van der Waals surface area contributed by atoms with Crippen LogP contribution in [0.5, 0.6) is 0 Å². The van der Waals surface area contributed by atoms with Crippen LogP contribution in [0.25, 0.3) is 16.9 Å². The van der Waals surface area contributed by atoms with Crippen LogP contribution in [0, 0.1) is 13.8 Å². The number of amides is 1. The van der Waals surface area contributed by atoms with Gasteiger partial charge in [-0.05, 0) is 49.1 Å². The van der Waals surface area contributed by atoms with E-state index in [1.54, 1.807) is 48.9 Å². The number of benzene rings is 2. The Morgan fingerprint density at radius 1 is 1.05 bits per heavy atom. The molecule has 0 spiro atoms. The number of rotatable bonds is 6. The Balaban J connectivity index is 1.51. The first-order chi connectivity index (χ1) is 19.3. The van der Waals surface area contributed by atoms with Gasteiger partial charge in [0, 0.05) is 15.6 Å². The van der Waals surface area contributed by atoms with Crippen LogP contribution in [-0.4, -0.2) is 30.3 Å². The lowest BCUT2D eigenvalue weighted by Gasteiger charge is -2.12. The van der Waals surface area contributed by atoms with E-state index in [4.69, 9.17) is 23.2 Å². The number of fused-ring (bicyclic) bond motifs is 1. The minimum atomic E-state index is -4.73. The number of halogens is 5. The van der Waals surface area contributed by atoms with Gasteiger partial charge < -0.3 is 5.32 Å². The number of anilines is 1. The molecule has 0 radical (unpaired) electrons. The number of nitrogens with zero attached hydrogens (tertiary/aromatic N) is 5. The summed E-state index contributed by atoms with van der Waals surface area (Å²) in [5.74, 6) is -0.405. The second kappa shape index (κ2) is 10.8. The number of hydrogen-bond acceptors (Lipinski definition) is 4. The zero-order valence-corrected chi connectivity index (χ0v) is 24.0. The van der Waals surface area contributed by atoms with E-state index in [1.807, 2.05) is 26.0 Å². The minimum absolute atomic E-state index is 0.0784. The van der Waals surface area contributed by atoms with E-state index in [0.717, 1.165) is 23.4 Å². The molecule has 0 saturated heterocycles. The molecule has 12 heteroatoms. The van der Waals surface area contributed by atoms with Crippen molar-refractivity contribution < 1.29 is 18.0 Å². The van der Waals surface area contributed by atoms with Crippen molar-refractivity contribution >= 4 is 40.4 Å². The van der Waals surface area contributed by atoms with Gasteiger partial charge in [0.2, 0.25) is 0 Å². The van der Waals surface area contributed by atoms with Crippen molar-refractivity contribution in [3.05, 3.63) is 98.5 Å². The molecular formula is C29H25Cl2F3N6O. The number of carbonyl (C=O) groups is 1. The normalized spacial score (nSPS) is 12.0. The summed E-state index contributed by atoms with van der Waals surface area (Å²) in [5.41, 5.74) is 2.61. The predicted octanol–water partition coefficient (Wildman–Crippen LogP) is 7.96. The minimum Gasteiger partial charge on any atom is -0.319 e. The Kier molecular flexibility index (Phi) is 7.56. The van der Waals surface area contributed by atoms with Crippen molar-refractivity contribution in [1.82, 2.24) is 24.4 Å². The number of nitrogens with one attached hydrogen (secondary N) is 1. The van der Waals surface area contributed by atoms with Gasteiger partial charge in [-0.25, -0.2) is 9.50 Å². The molecule has 5 rings (SSSR count). The molecule has 1 amide bonds. The first-order valence-corrected chi connectivity index (χ1v) is 13.4. The lowest BCUT2D eigenvalue weighted by molar-refractivity contribution is -0.142. The molecule has 5 aromatic rings. The summed E-state index contributed by atoms with van der Waals surface area (Å²) in [4.78, 5) is 17.9. The van der Waals surface area contributed by atoms with Crippen LogP contribution >= 0.6 is 23.2 Å². The fraction of sp³-hybridized carbons (Fsp3) is 0.241. The van der Waals surface area contributed by atoms with Crippen LogP contribution in [0.3, 0.4) is 0 Å². The highest BCUT2D eigenvalue weighted by Crippen LogP contribution is 2.33. The van der Waals surface area contributed by atoms with Crippen LogP contribution in [-0.2, 0) is 12.7 Å². The first-order valence-electron chi connectivity index (χ1n) is 12.7. The standard InChI is InChI=1S/C29H25Cl2F3N6O/c1-15(2)18-5-7-19(8-6-18)24-12-25(29(32,33)34)40-27(36-24)22(13-35-40)28(41)37-26-16(3)38-39(17(26)4)14-20-9-10-21(30)11-23(20)31/h5-13,15H,14H2,1-4H3,(H,37,41). The molecule has 0 aliphatic heterocycles. The molecule has 3 heterocycles. The molecule has 0 unspecified atom stereocenters. The summed E-state index contributed by atoms with van der Waals surface area (Å²) in [6.45, 7) is 7.87. The maximum Gasteiger partial charge on any atom is 0.433 e. The maximum atomic E-state index is 14.1. The Morgan fingerprint density at radius 3 is 2.39 bits per heavy atom. The van der Waals surface area contributed by atoms with Gasteiger partial charge >= 0.3 is 6.18 Å². The summed E-state index contributed by atoms with van der Waals surface area (Å²) in [6.07, 6.45) is -3.65. The van der Waals surface area contributed by atoms with Gasteiger partial charge in [-0.1, -0.05) is 67.4 Å². The summed E-state index contributed by atoms with van der Waals surface area (Å²) < 4.78 is 44.5. The topological polar surface area (TPSA) is 77.1 Å². The van der Waals surface area contributed by atoms with Crippen LogP contribution < -0.4 is 5.32 Å². The summed E-state index contributed by atoms with van der Waals surface area (Å²) in [7, 11) is 0. The van der Waals surface area contributed by atoms with Crippen LogP contribution in [0.1, 0.15) is 58.3 Å². The van der Waals surface area contributed by atoms with Gasteiger partial charge in [0.1, 0.15) is 5.56 Å². The number of carbonyl (C=O) groups excluding carboxylic acids is 1. The van der Waals surface area contributed by atoms with Gasteiger partial charge in [-0.3, -0.25) is 9.48 Å². The van der Waals surface area contributed by atoms with E-state index in [9.17, 15) is 18.0 Å². The third-order valence-electron chi connectivity index (χ3n) is 6.84. The zero-order chi connectivity index (χ0) is 29.6. The molecule has 41 heavy (non-hydrogen) atoms. The molecule has 0 aliphatic carbocycles. The van der Waals surface area contributed by atoms with Crippen molar-refractivity contribution in [2.45, 2.75) is 46.3 Å². The van der Waals surface area contributed by atoms with Crippen LogP contribution in [0.2, 0.25) is 10.0 Å². The lowest BCUT2D eigenvalue weighted by Crippen LogP contribution is -2.16. The van der Waals surface area contributed by atoms with E-state index in [-0.39, 0.29) is 22.8 Å². The second-order valence-electron chi connectivity index (χ2n) is 9.99. The molecule has 0 aliphatic rings. The highest BCUT2D eigenvalue weighted by molar-refractivity contribution is 6.35. The summed E-state index contributed by atoms with van der Waals surface area (Å²) in [6, 6.07) is 13.2. The number of alkyl halides is 3. The second-order valence-corrected chi connectivity index (χ2v) is 10.8. The number of aromatic nitrogens is 5. The van der Waals surface area contributed by atoms with Gasteiger partial charge in [-0.2, -0.15) is 23.4 Å². The van der Waals surface area contributed by atoms with Crippen LogP contribution in [0.4, 0.5) is 18.9 Å². The smallest absolute Gasteiger partial charge is 0.319 e. The van der Waals surface area contributed by atoms with Crippen molar-refractivity contribution in [1.29, 1.82) is 0 Å². The Morgan fingerprint density at radius 2 is 1.76 bits per heavy atom. The maximum absolute atomic E-state index is 14.1. The van der Waals surface area contributed by atoms with Gasteiger partial charge in [0.15, 0.2) is 11.3 Å². The van der Waals surface area contributed by atoms with Crippen molar-refractivity contribution in [2.24, 2.45) is 0 Å². The van der Waals surface area contributed by atoms with Crippen molar-refractivity contribution in [2.75, 3.05) is 5.32 Å². The number of aryl methyl sites for hydroxylation is 1. The quantitative estimate of drug-likeness (QED) is 0.214. The average molecular weight is 601 g/mol. The lowest BCUT2D eigenvalue weighted by atomic mass is 10.0. The zero-order valence-electron chi connectivity index (χ0n) is 22.5.